The number of hydrogen-bond acceptors (Lipinski definition) is 7. The second-order valence-corrected chi connectivity index (χ2v) is 16.4. The van der Waals surface area contributed by atoms with E-state index in [0.29, 0.717) is 13.0 Å². The number of carbonyl (C=O) groups is 1. The van der Waals surface area contributed by atoms with Crippen LogP contribution in [-0.2, 0) is 27.9 Å². The van der Waals surface area contributed by atoms with Crippen molar-refractivity contribution in [1.82, 2.24) is 0 Å². The van der Waals surface area contributed by atoms with Gasteiger partial charge in [0.15, 0.2) is 0 Å². The summed E-state index contributed by atoms with van der Waals surface area (Å²) < 4.78 is 33.4. The lowest BCUT2D eigenvalue weighted by molar-refractivity contribution is -0.154. The molecule has 0 aliphatic carbocycles. The first kappa shape index (κ1) is 54.2. The predicted octanol–water partition coefficient (Wildman–Crippen LogP) is 13.8. The van der Waals surface area contributed by atoms with Crippen LogP contribution < -0.4 is 5.73 Å². The van der Waals surface area contributed by atoms with Crippen LogP contribution in [0.2, 0.25) is 0 Å². The minimum atomic E-state index is -4.28. The number of phosphoric ester groups is 1. The fraction of sp³-hybridized carbons (Fsp3) is 0.766. The lowest BCUT2D eigenvalue weighted by Crippen LogP contribution is -2.28. The van der Waals surface area contributed by atoms with Gasteiger partial charge < -0.3 is 20.1 Å². The molecule has 9 heteroatoms. The van der Waals surface area contributed by atoms with Gasteiger partial charge in [0.1, 0.15) is 6.10 Å². The van der Waals surface area contributed by atoms with Gasteiger partial charge in [0.25, 0.3) is 0 Å². The fourth-order valence-electron chi connectivity index (χ4n) is 6.04. The van der Waals surface area contributed by atoms with Crippen molar-refractivity contribution in [2.24, 2.45) is 5.73 Å². The highest BCUT2D eigenvalue weighted by molar-refractivity contribution is 7.47. The van der Waals surface area contributed by atoms with E-state index >= 15 is 0 Å². The Morgan fingerprint density at radius 3 is 1.48 bits per heavy atom. The maximum absolute atomic E-state index is 12.6. The number of phosphoric acid groups is 1. The smallest absolute Gasteiger partial charge is 0.457 e. The van der Waals surface area contributed by atoms with Gasteiger partial charge in [-0.3, -0.25) is 13.8 Å². The fourth-order valence-corrected chi connectivity index (χ4v) is 6.81. The first-order chi connectivity index (χ1) is 27.4. The van der Waals surface area contributed by atoms with Crippen LogP contribution in [-0.4, -0.2) is 49.9 Å². The second kappa shape index (κ2) is 44.3. The highest BCUT2D eigenvalue weighted by Crippen LogP contribution is 2.43. The molecule has 0 spiro atoms. The Morgan fingerprint density at radius 1 is 0.536 bits per heavy atom. The van der Waals surface area contributed by atoms with Gasteiger partial charge >= 0.3 is 13.8 Å². The summed E-state index contributed by atoms with van der Waals surface area (Å²) >= 11 is 0. The normalized spacial score (nSPS) is 14.0. The Morgan fingerprint density at radius 2 is 0.982 bits per heavy atom. The summed E-state index contributed by atoms with van der Waals surface area (Å²) in [6.45, 7) is 4.81. The lowest BCUT2D eigenvalue weighted by Gasteiger charge is -2.20. The van der Waals surface area contributed by atoms with Gasteiger partial charge in [-0.25, -0.2) is 4.57 Å². The summed E-state index contributed by atoms with van der Waals surface area (Å²) in [6.07, 6.45) is 53.8. The number of rotatable bonds is 43. The number of ether oxygens (including phenoxy) is 2. The van der Waals surface area contributed by atoms with E-state index in [-0.39, 0.29) is 32.3 Å². The highest BCUT2D eigenvalue weighted by Gasteiger charge is 2.25. The Hall–Kier alpha value is -1.80. The van der Waals surface area contributed by atoms with Crippen LogP contribution in [0.4, 0.5) is 0 Å². The molecule has 0 saturated heterocycles. The Kier molecular flexibility index (Phi) is 42.9. The van der Waals surface area contributed by atoms with Crippen LogP contribution in [0.5, 0.6) is 0 Å². The molecule has 2 atom stereocenters. The maximum atomic E-state index is 12.6. The van der Waals surface area contributed by atoms with Crippen molar-refractivity contribution in [1.29, 1.82) is 0 Å². The summed E-state index contributed by atoms with van der Waals surface area (Å²) in [5.41, 5.74) is 5.37. The van der Waals surface area contributed by atoms with E-state index in [4.69, 9.17) is 24.3 Å². The van der Waals surface area contributed by atoms with Crippen molar-refractivity contribution < 1.29 is 32.8 Å². The third-order valence-corrected chi connectivity index (χ3v) is 10.4. The molecule has 2 unspecified atom stereocenters. The number of esters is 1. The molecule has 0 aromatic heterocycles. The summed E-state index contributed by atoms with van der Waals surface area (Å²) in [4.78, 5) is 22.5. The summed E-state index contributed by atoms with van der Waals surface area (Å²) in [6, 6.07) is 0. The van der Waals surface area contributed by atoms with Crippen molar-refractivity contribution >= 4 is 13.8 Å². The van der Waals surface area contributed by atoms with E-state index in [9.17, 15) is 14.3 Å². The summed E-state index contributed by atoms with van der Waals surface area (Å²) in [5, 5.41) is 0. The molecule has 0 aromatic carbocycles. The zero-order chi connectivity index (χ0) is 40.9. The molecule has 56 heavy (non-hydrogen) atoms. The van der Waals surface area contributed by atoms with Gasteiger partial charge in [-0.2, -0.15) is 0 Å². The average Bonchev–Trinajstić information content (AvgIpc) is 3.19. The SMILES string of the molecule is CCC/C=C\C/C=C\CCCCCCCCOCC(COP(=O)(O)OCCN)OC(=O)CCCCCCCCCC/C=C\C/C=C\C/C=C\CCCCCCC. The molecule has 0 heterocycles. The Bertz CT molecular complexity index is 1040. The van der Waals surface area contributed by atoms with Crippen LogP contribution in [0.15, 0.2) is 60.8 Å². The highest BCUT2D eigenvalue weighted by atomic mass is 31.2. The van der Waals surface area contributed by atoms with Crippen molar-refractivity contribution in [3.05, 3.63) is 60.8 Å². The molecule has 0 rings (SSSR count). The van der Waals surface area contributed by atoms with Crippen molar-refractivity contribution in [3.8, 4) is 0 Å². The second-order valence-electron chi connectivity index (χ2n) is 14.9. The molecule has 0 aliphatic rings. The molecule has 0 radical (unpaired) electrons. The van der Waals surface area contributed by atoms with Crippen LogP contribution in [0, 0.1) is 0 Å². The van der Waals surface area contributed by atoms with Gasteiger partial charge in [-0.05, 0) is 77.0 Å². The van der Waals surface area contributed by atoms with Gasteiger partial charge in [0, 0.05) is 19.6 Å². The van der Waals surface area contributed by atoms with Crippen molar-refractivity contribution in [2.45, 2.75) is 200 Å². The monoisotopic (exact) mass is 808 g/mol. The van der Waals surface area contributed by atoms with E-state index in [2.05, 4.69) is 74.6 Å². The van der Waals surface area contributed by atoms with E-state index in [1.165, 1.54) is 96.3 Å². The topological polar surface area (TPSA) is 117 Å². The van der Waals surface area contributed by atoms with Crippen LogP contribution in [0.1, 0.15) is 194 Å². The van der Waals surface area contributed by atoms with Crippen LogP contribution >= 0.6 is 7.82 Å². The number of hydrogen-bond donors (Lipinski definition) is 2. The minimum Gasteiger partial charge on any atom is -0.457 e. The molecule has 0 saturated carbocycles. The van der Waals surface area contributed by atoms with Gasteiger partial charge in [0.2, 0.25) is 0 Å². The average molecular weight is 808 g/mol. The number of allylic oxidation sites excluding steroid dienone is 10. The van der Waals surface area contributed by atoms with Gasteiger partial charge in [0.05, 0.1) is 19.8 Å². The van der Waals surface area contributed by atoms with E-state index < -0.39 is 13.9 Å². The van der Waals surface area contributed by atoms with Gasteiger partial charge in [-0.1, -0.05) is 171 Å². The Balaban J connectivity index is 4.02. The zero-order valence-electron chi connectivity index (χ0n) is 36.1. The Labute approximate surface area is 344 Å². The minimum absolute atomic E-state index is 0.0946. The summed E-state index contributed by atoms with van der Waals surface area (Å²) in [7, 11) is -4.28. The molecule has 0 aliphatic heterocycles. The lowest BCUT2D eigenvalue weighted by atomic mass is 10.1. The quantitative estimate of drug-likeness (QED) is 0.0271. The zero-order valence-corrected chi connectivity index (χ0v) is 37.0. The molecular weight excluding hydrogens is 721 g/mol. The van der Waals surface area contributed by atoms with E-state index in [0.717, 1.165) is 77.0 Å². The maximum Gasteiger partial charge on any atom is 0.472 e. The molecule has 0 aromatic rings. The molecule has 8 nitrogen and oxygen atoms in total. The van der Waals surface area contributed by atoms with Crippen LogP contribution in [0.25, 0.3) is 0 Å². The van der Waals surface area contributed by atoms with E-state index in [1.54, 1.807) is 0 Å². The van der Waals surface area contributed by atoms with Crippen molar-refractivity contribution in [3.63, 3.8) is 0 Å². The first-order valence-corrected chi connectivity index (χ1v) is 24.3. The van der Waals surface area contributed by atoms with Crippen molar-refractivity contribution in [2.75, 3.05) is 33.0 Å². The molecule has 326 valence electrons. The van der Waals surface area contributed by atoms with Gasteiger partial charge in [-0.15, -0.1) is 0 Å². The first-order valence-electron chi connectivity index (χ1n) is 22.8. The molecule has 0 bridgehead atoms. The number of unbranched alkanes of at least 4 members (excludes halogenated alkanes) is 20. The van der Waals surface area contributed by atoms with Crippen LogP contribution in [0.3, 0.4) is 0 Å². The summed E-state index contributed by atoms with van der Waals surface area (Å²) in [5.74, 6) is -0.343. The molecular formula is C47H86NO7P. The molecule has 3 N–H and O–H groups in total. The molecule has 0 amide bonds. The third-order valence-electron chi connectivity index (χ3n) is 9.39. The molecule has 0 fully saturated rings. The third kappa shape index (κ3) is 43.3. The standard InChI is InChI=1S/C47H86NO7P/c1-3-5-7-9-11-13-15-17-19-20-21-22-23-24-25-26-27-28-30-32-34-36-38-40-47(49)55-46(45-54-56(50,51)53-43-41-48)44-52-42-39-37-35-33-31-29-18-16-14-12-10-8-6-4-2/h8,10,14-17,20-21,23-24,46H,3-7,9,11-13,18-19,22,25-45,48H2,1-2H3,(H,50,51)/b10-8-,16-14-,17-15-,21-20-,24-23-. The predicted molar refractivity (Wildman–Crippen MR) is 238 cm³/mol. The largest absolute Gasteiger partial charge is 0.472 e. The van der Waals surface area contributed by atoms with E-state index in [1.807, 2.05) is 0 Å². The number of carbonyl (C=O) groups excluding carboxylic acids is 1. The number of nitrogens with two attached hydrogens (primary N) is 1.